The van der Waals surface area contributed by atoms with Gasteiger partial charge in [0.2, 0.25) is 0 Å². The van der Waals surface area contributed by atoms with Gasteiger partial charge in [-0.3, -0.25) is 4.79 Å². The highest BCUT2D eigenvalue weighted by Crippen LogP contribution is 2.10. The van der Waals surface area contributed by atoms with E-state index >= 15 is 0 Å². The van der Waals surface area contributed by atoms with Crippen molar-refractivity contribution < 1.29 is 0 Å². The minimum atomic E-state index is -0.355. The molecule has 2 rings (SSSR count). The highest BCUT2D eigenvalue weighted by atomic mass is 16.1. The van der Waals surface area contributed by atoms with Crippen LogP contribution in [0.15, 0.2) is 52.5 Å². The zero-order chi connectivity index (χ0) is 12.8. The molecule has 3 N–H and O–H groups in total. The van der Waals surface area contributed by atoms with Crippen LogP contribution in [0.2, 0.25) is 0 Å². The Morgan fingerprint density at radius 1 is 1.28 bits per heavy atom. The second kappa shape index (κ2) is 5.58. The summed E-state index contributed by atoms with van der Waals surface area (Å²) in [6.07, 6.45) is 6.37. The van der Waals surface area contributed by atoms with Gasteiger partial charge in [0.05, 0.1) is 6.33 Å². The molecule has 0 aliphatic heterocycles. The number of hydrogen-bond acceptors (Lipinski definition) is 4. The van der Waals surface area contributed by atoms with Crippen LogP contribution in [0.1, 0.15) is 5.56 Å². The van der Waals surface area contributed by atoms with Gasteiger partial charge in [-0.25, -0.2) is 9.98 Å². The third-order valence-electron chi connectivity index (χ3n) is 2.23. The van der Waals surface area contributed by atoms with Crippen LogP contribution in [0.4, 0.5) is 11.5 Å². The fourth-order valence-corrected chi connectivity index (χ4v) is 1.37. The molecule has 2 aromatic rings. The third kappa shape index (κ3) is 2.91. The first-order chi connectivity index (χ1) is 8.77. The maximum Gasteiger partial charge on any atom is 0.278 e. The maximum absolute atomic E-state index is 11.4. The molecule has 0 saturated carbocycles. The summed E-state index contributed by atoms with van der Waals surface area (Å²) in [5.74, 6) is 0.114. The number of nitrogens with two attached hydrogens (primary N) is 1. The van der Waals surface area contributed by atoms with Crippen molar-refractivity contribution in [3.63, 3.8) is 0 Å². The number of nitrogens with one attached hydrogen (secondary N) is 1. The molecule has 0 atom stereocenters. The SMILES string of the molecule is Nc1nc[nH]c(=O)c1N=C/C=C/c1ccccc1. The monoisotopic (exact) mass is 240 g/mol. The Kier molecular flexibility index (Phi) is 3.66. The number of aromatic nitrogens is 2. The first kappa shape index (κ1) is 11.8. The van der Waals surface area contributed by atoms with E-state index in [1.54, 1.807) is 6.08 Å². The van der Waals surface area contributed by atoms with Gasteiger partial charge in [-0.1, -0.05) is 36.4 Å². The molecule has 5 heteroatoms. The van der Waals surface area contributed by atoms with E-state index in [1.165, 1.54) is 12.5 Å². The molecule has 0 radical (unpaired) electrons. The van der Waals surface area contributed by atoms with E-state index in [-0.39, 0.29) is 17.1 Å². The fraction of sp³-hybridized carbons (Fsp3) is 0. The highest BCUT2D eigenvalue weighted by Gasteiger charge is 2.00. The van der Waals surface area contributed by atoms with Crippen LogP contribution < -0.4 is 11.3 Å². The second-order valence-electron chi connectivity index (χ2n) is 3.51. The van der Waals surface area contributed by atoms with Gasteiger partial charge in [-0.2, -0.15) is 0 Å². The Bertz CT molecular complexity index is 629. The van der Waals surface area contributed by atoms with Crippen LogP contribution in [-0.2, 0) is 0 Å². The summed E-state index contributed by atoms with van der Waals surface area (Å²) in [6, 6.07) is 9.77. The molecule has 18 heavy (non-hydrogen) atoms. The van der Waals surface area contributed by atoms with Gasteiger partial charge in [0.1, 0.15) is 0 Å². The number of anilines is 1. The van der Waals surface area contributed by atoms with E-state index in [2.05, 4.69) is 15.0 Å². The standard InChI is InChI=1S/C13H12N4O/c14-12-11(13(18)17-9-16-12)15-8-4-7-10-5-2-1-3-6-10/h1-9H,(H3,14,16,17,18)/b7-4+,15-8?. The minimum absolute atomic E-state index is 0.114. The van der Waals surface area contributed by atoms with E-state index in [0.29, 0.717) is 0 Å². The Morgan fingerprint density at radius 3 is 2.78 bits per heavy atom. The van der Waals surface area contributed by atoms with E-state index < -0.39 is 0 Å². The number of benzene rings is 1. The summed E-state index contributed by atoms with van der Waals surface area (Å²) < 4.78 is 0. The Balaban J connectivity index is 2.13. The smallest absolute Gasteiger partial charge is 0.278 e. The third-order valence-corrected chi connectivity index (χ3v) is 2.23. The van der Waals surface area contributed by atoms with Gasteiger partial charge in [0.15, 0.2) is 11.5 Å². The molecule has 1 heterocycles. The first-order valence-corrected chi connectivity index (χ1v) is 5.36. The predicted molar refractivity (Wildman–Crippen MR) is 72.9 cm³/mol. The van der Waals surface area contributed by atoms with Crippen LogP contribution >= 0.6 is 0 Å². The molecular formula is C13H12N4O. The topological polar surface area (TPSA) is 84.1 Å². The molecule has 0 unspecified atom stereocenters. The zero-order valence-electron chi connectivity index (χ0n) is 9.58. The molecule has 0 saturated heterocycles. The number of rotatable bonds is 3. The molecule has 1 aromatic heterocycles. The summed E-state index contributed by atoms with van der Waals surface area (Å²) in [5, 5.41) is 0. The number of aromatic amines is 1. The lowest BCUT2D eigenvalue weighted by Gasteiger charge is -1.94. The van der Waals surface area contributed by atoms with Crippen LogP contribution in [0, 0.1) is 0 Å². The van der Waals surface area contributed by atoms with Crippen molar-refractivity contribution in [1.82, 2.24) is 9.97 Å². The highest BCUT2D eigenvalue weighted by molar-refractivity contribution is 5.81. The van der Waals surface area contributed by atoms with Crippen molar-refractivity contribution in [2.24, 2.45) is 4.99 Å². The number of nitrogen functional groups attached to an aromatic ring is 1. The van der Waals surface area contributed by atoms with E-state index in [1.807, 2.05) is 36.4 Å². The minimum Gasteiger partial charge on any atom is -0.382 e. The first-order valence-electron chi connectivity index (χ1n) is 5.36. The zero-order valence-corrected chi connectivity index (χ0v) is 9.58. The van der Waals surface area contributed by atoms with Crippen molar-refractivity contribution in [2.75, 3.05) is 5.73 Å². The number of aliphatic imine (C=N–C) groups is 1. The quantitative estimate of drug-likeness (QED) is 0.802. The average molecular weight is 240 g/mol. The molecule has 5 nitrogen and oxygen atoms in total. The Hall–Kier alpha value is -2.69. The molecule has 0 bridgehead atoms. The van der Waals surface area contributed by atoms with Gasteiger partial charge in [0.25, 0.3) is 5.56 Å². The number of allylic oxidation sites excluding steroid dienone is 1. The summed E-state index contributed by atoms with van der Waals surface area (Å²) in [6.45, 7) is 0. The number of H-pyrrole nitrogens is 1. The summed E-state index contributed by atoms with van der Waals surface area (Å²) in [7, 11) is 0. The summed E-state index contributed by atoms with van der Waals surface area (Å²) in [5.41, 5.74) is 6.36. The van der Waals surface area contributed by atoms with Gasteiger partial charge < -0.3 is 10.7 Å². The summed E-state index contributed by atoms with van der Waals surface area (Å²) in [4.78, 5) is 21.5. The van der Waals surface area contributed by atoms with Gasteiger partial charge in [-0.15, -0.1) is 0 Å². The van der Waals surface area contributed by atoms with Crippen molar-refractivity contribution in [3.05, 3.63) is 58.7 Å². The molecule has 0 spiro atoms. The summed E-state index contributed by atoms with van der Waals surface area (Å²) >= 11 is 0. The molecule has 0 aliphatic rings. The van der Waals surface area contributed by atoms with E-state index in [0.717, 1.165) is 5.56 Å². The Morgan fingerprint density at radius 2 is 2.06 bits per heavy atom. The molecule has 0 aliphatic carbocycles. The van der Waals surface area contributed by atoms with Crippen LogP contribution in [0.5, 0.6) is 0 Å². The lowest BCUT2D eigenvalue weighted by Crippen LogP contribution is -2.08. The Labute approximate surface area is 104 Å². The van der Waals surface area contributed by atoms with Crippen LogP contribution in [0.3, 0.4) is 0 Å². The van der Waals surface area contributed by atoms with Crippen molar-refractivity contribution in [3.8, 4) is 0 Å². The van der Waals surface area contributed by atoms with Crippen molar-refractivity contribution in [1.29, 1.82) is 0 Å². The van der Waals surface area contributed by atoms with Crippen molar-refractivity contribution in [2.45, 2.75) is 0 Å². The van der Waals surface area contributed by atoms with E-state index in [9.17, 15) is 4.79 Å². The molecule has 0 fully saturated rings. The van der Waals surface area contributed by atoms with E-state index in [4.69, 9.17) is 5.73 Å². The lowest BCUT2D eigenvalue weighted by molar-refractivity contribution is 1.12. The maximum atomic E-state index is 11.4. The van der Waals surface area contributed by atoms with Crippen molar-refractivity contribution >= 4 is 23.8 Å². The largest absolute Gasteiger partial charge is 0.382 e. The normalized spacial score (nSPS) is 11.3. The molecule has 0 amide bonds. The van der Waals surface area contributed by atoms with Crippen LogP contribution in [-0.4, -0.2) is 16.2 Å². The average Bonchev–Trinajstić information content (AvgIpc) is 2.38. The molecular weight excluding hydrogens is 228 g/mol. The number of hydrogen-bond donors (Lipinski definition) is 2. The van der Waals surface area contributed by atoms with Crippen LogP contribution in [0.25, 0.3) is 6.08 Å². The lowest BCUT2D eigenvalue weighted by atomic mass is 10.2. The predicted octanol–water partition coefficient (Wildman–Crippen LogP) is 1.77. The fourth-order valence-electron chi connectivity index (χ4n) is 1.37. The molecule has 90 valence electrons. The number of nitrogens with zero attached hydrogens (tertiary/aromatic N) is 2. The second-order valence-corrected chi connectivity index (χ2v) is 3.51. The molecule has 1 aromatic carbocycles. The van der Waals surface area contributed by atoms with Gasteiger partial charge in [0, 0.05) is 6.21 Å². The van der Waals surface area contributed by atoms with Gasteiger partial charge in [-0.05, 0) is 11.6 Å². The van der Waals surface area contributed by atoms with Gasteiger partial charge >= 0.3 is 0 Å².